The van der Waals surface area contributed by atoms with Gasteiger partial charge < -0.3 is 10.1 Å². The summed E-state index contributed by atoms with van der Waals surface area (Å²) in [5.74, 6) is -0.256. The number of benzene rings is 2. The van der Waals surface area contributed by atoms with Gasteiger partial charge in [-0.05, 0) is 29.8 Å². The minimum Gasteiger partial charge on any atom is -0.497 e. The number of methoxy groups -OCH3 is 1. The summed E-state index contributed by atoms with van der Waals surface area (Å²) in [6.45, 7) is 0. The minimum absolute atomic E-state index is 0.0875. The van der Waals surface area contributed by atoms with Gasteiger partial charge in [0.2, 0.25) is 0 Å². The van der Waals surface area contributed by atoms with Gasteiger partial charge in [-0.15, -0.1) is 0 Å². The zero-order chi connectivity index (χ0) is 16.8. The standard InChI is InChI=1S/C16H13N3O4/c1-23-13-6-7-15(19(21)22)14(10-13)16(20)18-12-4-2-11(3-5-12)8-9-17/h2-7,10H,8H2,1H3,(H,18,20). The Kier molecular flexibility index (Phi) is 4.89. The molecule has 0 saturated carbocycles. The first-order valence-electron chi connectivity index (χ1n) is 6.65. The zero-order valence-electron chi connectivity index (χ0n) is 12.3. The third-order valence-corrected chi connectivity index (χ3v) is 3.14. The van der Waals surface area contributed by atoms with Crippen LogP contribution in [0, 0.1) is 21.4 Å². The molecule has 0 fully saturated rings. The van der Waals surface area contributed by atoms with Crippen molar-refractivity contribution in [2.45, 2.75) is 6.42 Å². The molecule has 0 spiro atoms. The number of hydrogen-bond acceptors (Lipinski definition) is 5. The van der Waals surface area contributed by atoms with Gasteiger partial charge in [-0.3, -0.25) is 14.9 Å². The van der Waals surface area contributed by atoms with Crippen LogP contribution < -0.4 is 10.1 Å². The molecule has 0 radical (unpaired) electrons. The van der Waals surface area contributed by atoms with E-state index in [0.29, 0.717) is 11.4 Å². The van der Waals surface area contributed by atoms with Crippen molar-refractivity contribution in [1.82, 2.24) is 0 Å². The molecule has 1 N–H and O–H groups in total. The smallest absolute Gasteiger partial charge is 0.282 e. The van der Waals surface area contributed by atoms with Crippen LogP contribution in [-0.4, -0.2) is 17.9 Å². The third-order valence-electron chi connectivity index (χ3n) is 3.14. The van der Waals surface area contributed by atoms with Crippen molar-refractivity contribution >= 4 is 17.3 Å². The Labute approximate surface area is 132 Å². The minimum atomic E-state index is -0.621. The second-order valence-electron chi connectivity index (χ2n) is 4.63. The second kappa shape index (κ2) is 7.04. The van der Waals surface area contributed by atoms with E-state index in [4.69, 9.17) is 10.00 Å². The first kappa shape index (κ1) is 16.0. The summed E-state index contributed by atoms with van der Waals surface area (Å²) in [5.41, 5.74) is 0.909. The molecule has 0 saturated heterocycles. The Bertz CT molecular complexity index is 779. The highest BCUT2D eigenvalue weighted by Crippen LogP contribution is 2.25. The maximum absolute atomic E-state index is 12.3. The molecule has 0 heterocycles. The highest BCUT2D eigenvalue weighted by Gasteiger charge is 2.21. The average Bonchev–Trinajstić information content (AvgIpc) is 2.56. The predicted molar refractivity (Wildman–Crippen MR) is 83.4 cm³/mol. The number of nitro benzene ring substituents is 1. The van der Waals surface area contributed by atoms with Crippen molar-refractivity contribution in [1.29, 1.82) is 5.26 Å². The highest BCUT2D eigenvalue weighted by atomic mass is 16.6. The summed E-state index contributed by atoms with van der Waals surface area (Å²) in [6.07, 6.45) is 0.273. The molecule has 2 aromatic rings. The molecule has 7 nitrogen and oxygen atoms in total. The van der Waals surface area contributed by atoms with Crippen molar-refractivity contribution < 1.29 is 14.5 Å². The van der Waals surface area contributed by atoms with Crippen LogP contribution in [0.4, 0.5) is 11.4 Å². The molecule has 0 aliphatic rings. The van der Waals surface area contributed by atoms with E-state index in [1.54, 1.807) is 24.3 Å². The lowest BCUT2D eigenvalue weighted by atomic mass is 10.1. The molecule has 0 bridgehead atoms. The molecule has 7 heteroatoms. The summed E-state index contributed by atoms with van der Waals surface area (Å²) in [6, 6.07) is 12.7. The molecule has 116 valence electrons. The van der Waals surface area contributed by atoms with Gasteiger partial charge in [-0.2, -0.15) is 5.26 Å². The first-order valence-corrected chi connectivity index (χ1v) is 6.65. The Morgan fingerprint density at radius 1 is 1.30 bits per heavy atom. The van der Waals surface area contributed by atoms with Crippen molar-refractivity contribution in [3.8, 4) is 11.8 Å². The summed E-state index contributed by atoms with van der Waals surface area (Å²) >= 11 is 0. The first-order chi connectivity index (χ1) is 11.0. The Balaban J connectivity index is 2.26. The molecule has 0 aromatic heterocycles. The number of amides is 1. The van der Waals surface area contributed by atoms with Gasteiger partial charge >= 0.3 is 0 Å². The lowest BCUT2D eigenvalue weighted by molar-refractivity contribution is -0.385. The Hall–Kier alpha value is -3.40. The highest BCUT2D eigenvalue weighted by molar-refractivity contribution is 6.07. The molecule has 0 aliphatic carbocycles. The molecule has 2 rings (SSSR count). The van der Waals surface area contributed by atoms with Crippen LogP contribution in [-0.2, 0) is 6.42 Å². The number of ether oxygens (including phenoxy) is 1. The second-order valence-corrected chi connectivity index (χ2v) is 4.63. The zero-order valence-corrected chi connectivity index (χ0v) is 12.3. The van der Waals surface area contributed by atoms with E-state index in [2.05, 4.69) is 5.32 Å². The fourth-order valence-corrected chi connectivity index (χ4v) is 1.98. The van der Waals surface area contributed by atoms with Crippen LogP contribution in [0.1, 0.15) is 15.9 Å². The van der Waals surface area contributed by atoms with E-state index in [0.717, 1.165) is 5.56 Å². The van der Waals surface area contributed by atoms with Gasteiger partial charge in [-0.1, -0.05) is 12.1 Å². The number of nitriles is 1. The van der Waals surface area contributed by atoms with Crippen LogP contribution >= 0.6 is 0 Å². The molecule has 1 amide bonds. The number of carbonyl (C=O) groups excluding carboxylic acids is 1. The van der Waals surface area contributed by atoms with Crippen molar-refractivity contribution in [3.05, 3.63) is 63.7 Å². The largest absolute Gasteiger partial charge is 0.497 e. The maximum atomic E-state index is 12.3. The number of nitrogens with zero attached hydrogens (tertiary/aromatic N) is 2. The van der Waals surface area contributed by atoms with Crippen LogP contribution in [0.5, 0.6) is 5.75 Å². The van der Waals surface area contributed by atoms with E-state index >= 15 is 0 Å². The number of nitro groups is 1. The summed E-state index contributed by atoms with van der Waals surface area (Å²) in [5, 5.41) is 22.3. The number of hydrogen-bond donors (Lipinski definition) is 1. The maximum Gasteiger partial charge on any atom is 0.282 e. The lowest BCUT2D eigenvalue weighted by Crippen LogP contribution is -2.14. The van der Waals surface area contributed by atoms with Crippen LogP contribution in [0.25, 0.3) is 0 Å². The molecule has 0 unspecified atom stereocenters. The topological polar surface area (TPSA) is 105 Å². The molecular weight excluding hydrogens is 298 g/mol. The van der Waals surface area contributed by atoms with Crippen LogP contribution in [0.2, 0.25) is 0 Å². The van der Waals surface area contributed by atoms with E-state index in [1.165, 1.54) is 25.3 Å². The molecular formula is C16H13N3O4. The number of nitrogens with one attached hydrogen (secondary N) is 1. The molecule has 23 heavy (non-hydrogen) atoms. The van der Waals surface area contributed by atoms with Gasteiger partial charge in [-0.25, -0.2) is 0 Å². The SMILES string of the molecule is COc1ccc([N+](=O)[O-])c(C(=O)Nc2ccc(CC#N)cc2)c1. The molecule has 2 aromatic carbocycles. The summed E-state index contributed by atoms with van der Waals surface area (Å²) in [4.78, 5) is 22.7. The Morgan fingerprint density at radius 2 is 2.00 bits per heavy atom. The van der Waals surface area contributed by atoms with E-state index in [-0.39, 0.29) is 17.7 Å². The normalized spacial score (nSPS) is 9.74. The predicted octanol–water partition coefficient (Wildman–Crippen LogP) is 2.92. The van der Waals surface area contributed by atoms with Crippen LogP contribution in [0.15, 0.2) is 42.5 Å². The number of carbonyl (C=O) groups is 1. The van der Waals surface area contributed by atoms with Gasteiger partial charge in [0.05, 0.1) is 24.5 Å². The van der Waals surface area contributed by atoms with Crippen molar-refractivity contribution in [2.75, 3.05) is 12.4 Å². The number of rotatable bonds is 5. The fourth-order valence-electron chi connectivity index (χ4n) is 1.98. The quantitative estimate of drug-likeness (QED) is 0.675. The monoisotopic (exact) mass is 311 g/mol. The number of anilines is 1. The van der Waals surface area contributed by atoms with Gasteiger partial charge in [0, 0.05) is 11.8 Å². The van der Waals surface area contributed by atoms with Crippen molar-refractivity contribution in [2.24, 2.45) is 0 Å². The Morgan fingerprint density at radius 3 is 2.57 bits per heavy atom. The average molecular weight is 311 g/mol. The fraction of sp³-hybridized carbons (Fsp3) is 0.125. The summed E-state index contributed by atoms with van der Waals surface area (Å²) < 4.78 is 5.00. The van der Waals surface area contributed by atoms with E-state index in [1.807, 2.05) is 6.07 Å². The van der Waals surface area contributed by atoms with Crippen LogP contribution in [0.3, 0.4) is 0 Å². The van der Waals surface area contributed by atoms with Gasteiger partial charge in [0.1, 0.15) is 11.3 Å². The van der Waals surface area contributed by atoms with E-state index in [9.17, 15) is 14.9 Å². The molecule has 0 atom stereocenters. The summed E-state index contributed by atoms with van der Waals surface area (Å²) in [7, 11) is 1.41. The van der Waals surface area contributed by atoms with E-state index < -0.39 is 10.8 Å². The lowest BCUT2D eigenvalue weighted by Gasteiger charge is -2.08. The van der Waals surface area contributed by atoms with Gasteiger partial charge in [0.15, 0.2) is 0 Å². The molecule has 0 aliphatic heterocycles. The van der Waals surface area contributed by atoms with Gasteiger partial charge in [0.25, 0.3) is 11.6 Å². The van der Waals surface area contributed by atoms with Crippen molar-refractivity contribution in [3.63, 3.8) is 0 Å². The third kappa shape index (κ3) is 3.83.